The van der Waals surface area contributed by atoms with Crippen molar-refractivity contribution in [3.63, 3.8) is 0 Å². The topological polar surface area (TPSA) is 36.8 Å². The molecule has 3 nitrogen and oxygen atoms in total. The van der Waals surface area contributed by atoms with Crippen molar-refractivity contribution in [1.82, 2.24) is 5.32 Å². The number of rotatable bonds is 5. The van der Waals surface area contributed by atoms with Crippen LogP contribution in [-0.2, 0) is 6.42 Å². The lowest BCUT2D eigenvalue weighted by molar-refractivity contribution is 0.677. The quantitative estimate of drug-likeness (QED) is 0.189. The van der Waals surface area contributed by atoms with Crippen molar-refractivity contribution >= 4 is 44.7 Å². The number of benzene rings is 5. The van der Waals surface area contributed by atoms with Gasteiger partial charge < -0.3 is 5.32 Å². The standard InChI is InChI=1S/C51H39N3S/c1-3-11-33(12-4-1)49-52-50(34-13-5-2-6-14-34)54-51(53-49)35-21-19-32(20-22-35)37-24-27-44-45-28-25-38(31-48(45)55-47(44)30-37)36-23-26-43-41-17-8-7-15-39(41)40-16-9-10-18-42(40)46(43)29-36/h1-5,7-13,15-24,26-27,29-31,40,42,50H,6,14,25,28H2,(H,52,53,54). The van der Waals surface area contributed by atoms with Crippen LogP contribution in [0.2, 0.25) is 0 Å². The Hall–Kier alpha value is -6.10. The SMILES string of the molecule is C1=CCCC(C2N=C(c3ccccc3)N=C(c3ccc(-c4ccc5c6c(sc5c4)C=C(c4ccc5c(c4)C4C=CC=CC4c4ccccc4-5)CC6)cc3)N2)=C1. The minimum Gasteiger partial charge on any atom is -0.344 e. The van der Waals surface area contributed by atoms with Gasteiger partial charge in [-0.2, -0.15) is 0 Å². The lowest BCUT2D eigenvalue weighted by atomic mass is 9.69. The second-order valence-electron chi connectivity index (χ2n) is 15.1. The van der Waals surface area contributed by atoms with E-state index < -0.39 is 0 Å². The highest BCUT2D eigenvalue weighted by atomic mass is 32.1. The first kappa shape index (κ1) is 32.3. The number of allylic oxidation sites excluding steroid dienone is 8. The Bertz CT molecular complexity index is 2730. The molecule has 0 fully saturated rings. The Kier molecular flexibility index (Phi) is 7.84. The highest BCUT2D eigenvalue weighted by Gasteiger charge is 2.32. The summed E-state index contributed by atoms with van der Waals surface area (Å²) in [6.45, 7) is 0. The van der Waals surface area contributed by atoms with E-state index in [4.69, 9.17) is 9.98 Å². The van der Waals surface area contributed by atoms with Crippen molar-refractivity contribution in [1.29, 1.82) is 0 Å². The first-order valence-corrected chi connectivity index (χ1v) is 20.3. The van der Waals surface area contributed by atoms with E-state index in [0.29, 0.717) is 11.8 Å². The van der Waals surface area contributed by atoms with Gasteiger partial charge in [0.2, 0.25) is 0 Å². The Morgan fingerprint density at radius 2 is 1.38 bits per heavy atom. The summed E-state index contributed by atoms with van der Waals surface area (Å²) in [7, 11) is 0. The van der Waals surface area contributed by atoms with Crippen molar-refractivity contribution in [3.05, 3.63) is 202 Å². The fourth-order valence-corrected chi connectivity index (χ4v) is 10.4. The summed E-state index contributed by atoms with van der Waals surface area (Å²) in [6, 6.07) is 42.4. The smallest absolute Gasteiger partial charge is 0.159 e. The molecule has 0 amide bonds. The van der Waals surface area contributed by atoms with Crippen LogP contribution < -0.4 is 5.32 Å². The number of amidine groups is 2. The predicted molar refractivity (Wildman–Crippen MR) is 232 cm³/mol. The number of nitrogens with one attached hydrogen (secondary N) is 1. The van der Waals surface area contributed by atoms with Gasteiger partial charge in [-0.15, -0.1) is 11.3 Å². The highest BCUT2D eigenvalue weighted by Crippen LogP contribution is 2.50. The summed E-state index contributed by atoms with van der Waals surface area (Å²) in [4.78, 5) is 11.5. The van der Waals surface area contributed by atoms with E-state index in [1.54, 1.807) is 0 Å². The molecule has 4 heteroatoms. The van der Waals surface area contributed by atoms with Crippen LogP contribution in [0.25, 0.3) is 44.0 Å². The van der Waals surface area contributed by atoms with Crippen LogP contribution in [0, 0.1) is 0 Å². The van der Waals surface area contributed by atoms with Crippen molar-refractivity contribution in [2.45, 2.75) is 43.7 Å². The third-order valence-electron chi connectivity index (χ3n) is 12.0. The molecule has 0 saturated heterocycles. The molecule has 1 N–H and O–H groups in total. The Balaban J connectivity index is 0.883. The first-order valence-electron chi connectivity index (χ1n) is 19.5. The lowest BCUT2D eigenvalue weighted by Gasteiger charge is -2.34. The molecular formula is C51H39N3S. The molecule has 55 heavy (non-hydrogen) atoms. The van der Waals surface area contributed by atoms with Crippen LogP contribution in [0.1, 0.15) is 69.4 Å². The molecule has 1 aliphatic heterocycles. The molecule has 11 rings (SSSR count). The third-order valence-corrected chi connectivity index (χ3v) is 13.1. The fourth-order valence-electron chi connectivity index (χ4n) is 9.13. The van der Waals surface area contributed by atoms with Gasteiger partial charge in [-0.3, -0.25) is 0 Å². The summed E-state index contributed by atoms with van der Waals surface area (Å²) in [5, 5.41) is 5.04. The Labute approximate surface area is 326 Å². The number of hydrogen-bond donors (Lipinski definition) is 1. The molecular weight excluding hydrogens is 687 g/mol. The van der Waals surface area contributed by atoms with Crippen molar-refractivity contribution in [3.8, 4) is 22.3 Å². The second kappa shape index (κ2) is 13.3. The van der Waals surface area contributed by atoms with E-state index in [-0.39, 0.29) is 6.17 Å². The molecule has 4 aliphatic carbocycles. The van der Waals surface area contributed by atoms with E-state index in [9.17, 15) is 0 Å². The zero-order valence-electron chi connectivity index (χ0n) is 30.5. The van der Waals surface area contributed by atoms with Gasteiger partial charge in [0.25, 0.3) is 0 Å². The molecule has 264 valence electrons. The van der Waals surface area contributed by atoms with Crippen LogP contribution in [0.3, 0.4) is 0 Å². The molecule has 2 heterocycles. The van der Waals surface area contributed by atoms with Gasteiger partial charge in [-0.25, -0.2) is 9.98 Å². The van der Waals surface area contributed by atoms with Gasteiger partial charge in [-0.1, -0.05) is 152 Å². The number of aryl methyl sites for hydroxylation is 1. The fraction of sp³-hybridized carbons (Fsp3) is 0.137. The normalized spacial score (nSPS) is 20.6. The zero-order valence-corrected chi connectivity index (χ0v) is 31.3. The second-order valence-corrected chi connectivity index (χ2v) is 16.2. The monoisotopic (exact) mass is 725 g/mol. The average molecular weight is 726 g/mol. The van der Waals surface area contributed by atoms with Crippen molar-refractivity contribution < 1.29 is 0 Å². The van der Waals surface area contributed by atoms with E-state index in [0.717, 1.165) is 48.5 Å². The van der Waals surface area contributed by atoms with Crippen LogP contribution in [-0.4, -0.2) is 17.8 Å². The summed E-state index contributed by atoms with van der Waals surface area (Å²) < 4.78 is 1.35. The largest absolute Gasteiger partial charge is 0.344 e. The maximum absolute atomic E-state index is 5.04. The molecule has 3 unspecified atom stereocenters. The van der Waals surface area contributed by atoms with E-state index in [1.807, 2.05) is 29.5 Å². The Morgan fingerprint density at radius 3 is 2.24 bits per heavy atom. The molecule has 5 aliphatic rings. The minimum absolute atomic E-state index is 0.127. The van der Waals surface area contributed by atoms with Gasteiger partial charge in [0.15, 0.2) is 5.84 Å². The maximum atomic E-state index is 5.04. The predicted octanol–water partition coefficient (Wildman–Crippen LogP) is 12.4. The lowest BCUT2D eigenvalue weighted by Crippen LogP contribution is -2.40. The summed E-state index contributed by atoms with van der Waals surface area (Å²) in [5.74, 6) is 2.42. The third kappa shape index (κ3) is 5.71. The Morgan fingerprint density at radius 1 is 0.618 bits per heavy atom. The van der Waals surface area contributed by atoms with Gasteiger partial charge in [0, 0.05) is 32.5 Å². The van der Waals surface area contributed by atoms with Gasteiger partial charge in [-0.05, 0) is 98.9 Å². The summed E-state index contributed by atoms with van der Waals surface area (Å²) in [5.41, 5.74) is 15.8. The minimum atomic E-state index is -0.127. The van der Waals surface area contributed by atoms with E-state index in [2.05, 4.69) is 151 Å². The van der Waals surface area contributed by atoms with Crippen LogP contribution >= 0.6 is 11.3 Å². The summed E-state index contributed by atoms with van der Waals surface area (Å²) >= 11 is 1.93. The molecule has 0 radical (unpaired) electrons. The highest BCUT2D eigenvalue weighted by molar-refractivity contribution is 7.20. The van der Waals surface area contributed by atoms with Crippen LogP contribution in [0.5, 0.6) is 0 Å². The first-order chi connectivity index (χ1) is 27.2. The van der Waals surface area contributed by atoms with E-state index >= 15 is 0 Å². The molecule has 3 atom stereocenters. The van der Waals surface area contributed by atoms with Gasteiger partial charge in [0.1, 0.15) is 12.0 Å². The van der Waals surface area contributed by atoms with Gasteiger partial charge in [0.05, 0.1) is 0 Å². The molecule has 1 aromatic heterocycles. The van der Waals surface area contributed by atoms with Crippen LogP contribution in [0.4, 0.5) is 0 Å². The average Bonchev–Trinajstić information content (AvgIpc) is 3.64. The van der Waals surface area contributed by atoms with E-state index in [1.165, 1.54) is 70.6 Å². The van der Waals surface area contributed by atoms with Crippen molar-refractivity contribution in [2.75, 3.05) is 0 Å². The number of hydrogen-bond acceptors (Lipinski definition) is 4. The molecule has 0 saturated carbocycles. The maximum Gasteiger partial charge on any atom is 0.159 e. The molecule has 5 aromatic carbocycles. The molecule has 0 bridgehead atoms. The number of fused-ring (bicyclic) bond motifs is 9. The summed E-state index contributed by atoms with van der Waals surface area (Å²) in [6.07, 6.45) is 22.3. The zero-order chi connectivity index (χ0) is 36.3. The van der Waals surface area contributed by atoms with Crippen molar-refractivity contribution in [2.24, 2.45) is 9.98 Å². The van der Waals surface area contributed by atoms with Crippen LogP contribution in [0.15, 0.2) is 173 Å². The molecule has 6 aromatic rings. The molecule has 0 spiro atoms. The van der Waals surface area contributed by atoms with Gasteiger partial charge >= 0.3 is 0 Å². The number of nitrogens with zero attached hydrogens (tertiary/aromatic N) is 2. The number of aliphatic imine (C=N–C) groups is 2. The number of thiophene rings is 1.